The van der Waals surface area contributed by atoms with Gasteiger partial charge in [-0.2, -0.15) is 0 Å². The van der Waals surface area contributed by atoms with E-state index in [4.69, 9.17) is 39.9 Å². The Kier molecular flexibility index (Phi) is 5.96. The van der Waals surface area contributed by atoms with Crippen LogP contribution in [0, 0.1) is 0 Å². The van der Waals surface area contributed by atoms with Crippen molar-refractivity contribution in [2.75, 3.05) is 0 Å². The van der Waals surface area contributed by atoms with E-state index < -0.39 is 10.0 Å². The third-order valence-electron chi connectivity index (χ3n) is 1.76. The van der Waals surface area contributed by atoms with Crippen LogP contribution in [0.25, 0.3) is 0 Å². The molecule has 0 amide bonds. The number of nitrogens with zero attached hydrogens (tertiary/aromatic N) is 2. The van der Waals surface area contributed by atoms with Gasteiger partial charge >= 0.3 is 0 Å². The Morgan fingerprint density at radius 1 is 0.947 bits per heavy atom. The van der Waals surface area contributed by atoms with E-state index >= 15 is 0 Å². The van der Waals surface area contributed by atoms with Crippen LogP contribution in [0.2, 0.25) is 15.3 Å². The van der Waals surface area contributed by atoms with Gasteiger partial charge in [-0.15, -0.1) is 0 Å². The van der Waals surface area contributed by atoms with Crippen molar-refractivity contribution in [2.24, 2.45) is 5.14 Å². The first kappa shape index (κ1) is 16.1. The summed E-state index contributed by atoms with van der Waals surface area (Å²) in [5, 5.41) is 5.48. The van der Waals surface area contributed by atoms with Crippen molar-refractivity contribution < 1.29 is 8.42 Å². The van der Waals surface area contributed by atoms with Crippen molar-refractivity contribution in [3.63, 3.8) is 0 Å². The molecule has 102 valence electrons. The number of hydrogen-bond acceptors (Lipinski definition) is 4. The minimum absolute atomic E-state index is 0.0401. The topological polar surface area (TPSA) is 85.9 Å². The van der Waals surface area contributed by atoms with Crippen LogP contribution in [-0.2, 0) is 10.0 Å². The maximum Gasteiger partial charge on any atom is 0.239 e. The molecule has 1 heterocycles. The smallest absolute Gasteiger partial charge is 0.239 e. The van der Waals surface area contributed by atoms with E-state index in [9.17, 15) is 8.42 Å². The zero-order chi connectivity index (χ0) is 14.5. The second-order valence-corrected chi connectivity index (χ2v) is 5.77. The summed E-state index contributed by atoms with van der Waals surface area (Å²) in [7, 11) is -3.67. The standard InChI is InChI=1S/C6H6ClNO2S.C4H2Cl2N2/c7-5-3-1-2-4-6(5)11(8,9)10;5-3-4(6)8-2-1-7-3/h1-4H,(H2,8,9,10);1-2H. The highest BCUT2D eigenvalue weighted by Crippen LogP contribution is 2.18. The molecule has 19 heavy (non-hydrogen) atoms. The lowest BCUT2D eigenvalue weighted by atomic mass is 10.4. The van der Waals surface area contributed by atoms with E-state index in [2.05, 4.69) is 9.97 Å². The van der Waals surface area contributed by atoms with E-state index in [-0.39, 0.29) is 20.2 Å². The fraction of sp³-hybridized carbons (Fsp3) is 0. The number of rotatable bonds is 1. The minimum Gasteiger partial charge on any atom is -0.240 e. The maximum atomic E-state index is 10.7. The highest BCUT2D eigenvalue weighted by atomic mass is 35.5. The molecule has 0 spiro atoms. The quantitative estimate of drug-likeness (QED) is 0.865. The van der Waals surface area contributed by atoms with E-state index in [1.54, 1.807) is 12.1 Å². The second-order valence-electron chi connectivity index (χ2n) is 3.11. The minimum atomic E-state index is -3.67. The van der Waals surface area contributed by atoms with Gasteiger partial charge in [0.1, 0.15) is 4.90 Å². The van der Waals surface area contributed by atoms with Crippen molar-refractivity contribution in [2.45, 2.75) is 4.90 Å². The summed E-state index contributed by atoms with van der Waals surface area (Å²) in [4.78, 5) is 7.26. The Bertz CT molecular complexity index is 644. The molecule has 0 fully saturated rings. The molecule has 0 saturated carbocycles. The summed E-state index contributed by atoms with van der Waals surface area (Å²) in [6.45, 7) is 0. The number of aromatic nitrogens is 2. The predicted molar refractivity (Wildman–Crippen MR) is 74.9 cm³/mol. The number of hydrogen-bond donors (Lipinski definition) is 1. The van der Waals surface area contributed by atoms with Crippen LogP contribution in [0.1, 0.15) is 0 Å². The van der Waals surface area contributed by atoms with Crippen LogP contribution in [0.5, 0.6) is 0 Å². The van der Waals surface area contributed by atoms with Gasteiger partial charge in [0.15, 0.2) is 10.3 Å². The lowest BCUT2D eigenvalue weighted by Crippen LogP contribution is -2.12. The molecule has 0 unspecified atom stereocenters. The fourth-order valence-electron chi connectivity index (χ4n) is 0.980. The van der Waals surface area contributed by atoms with Gasteiger partial charge in [-0.1, -0.05) is 46.9 Å². The van der Waals surface area contributed by atoms with Gasteiger partial charge in [0.25, 0.3) is 0 Å². The first-order valence-electron chi connectivity index (χ1n) is 4.71. The van der Waals surface area contributed by atoms with Crippen molar-refractivity contribution in [1.82, 2.24) is 9.97 Å². The van der Waals surface area contributed by atoms with Gasteiger partial charge in [-0.3, -0.25) is 0 Å². The number of primary sulfonamides is 1. The molecule has 0 aliphatic carbocycles. The number of halogens is 3. The van der Waals surface area contributed by atoms with Crippen LogP contribution in [0.3, 0.4) is 0 Å². The average Bonchev–Trinajstić information content (AvgIpc) is 2.33. The van der Waals surface area contributed by atoms with Crippen LogP contribution < -0.4 is 5.14 Å². The fourth-order valence-corrected chi connectivity index (χ4v) is 2.26. The zero-order valence-corrected chi connectivity index (χ0v) is 12.4. The highest BCUT2D eigenvalue weighted by Gasteiger charge is 2.10. The molecule has 0 bridgehead atoms. The third-order valence-corrected chi connectivity index (χ3v) is 3.82. The molecule has 2 N–H and O–H groups in total. The van der Waals surface area contributed by atoms with E-state index in [1.165, 1.54) is 24.5 Å². The van der Waals surface area contributed by atoms with Gasteiger partial charge in [-0.05, 0) is 12.1 Å². The van der Waals surface area contributed by atoms with Crippen molar-refractivity contribution in [3.05, 3.63) is 52.0 Å². The molecule has 9 heteroatoms. The zero-order valence-electron chi connectivity index (χ0n) is 9.29. The van der Waals surface area contributed by atoms with Gasteiger partial charge in [0.2, 0.25) is 10.0 Å². The van der Waals surface area contributed by atoms with Gasteiger partial charge in [-0.25, -0.2) is 23.5 Å². The van der Waals surface area contributed by atoms with E-state index in [0.717, 1.165) is 0 Å². The number of benzene rings is 1. The summed E-state index contributed by atoms with van der Waals surface area (Å²) in [6, 6.07) is 6.03. The molecule has 1 aromatic carbocycles. The normalized spacial score (nSPS) is 10.5. The molecule has 5 nitrogen and oxygen atoms in total. The van der Waals surface area contributed by atoms with Gasteiger partial charge in [0, 0.05) is 12.4 Å². The molecular weight excluding hydrogens is 333 g/mol. The largest absolute Gasteiger partial charge is 0.240 e. The Hall–Kier alpha value is -0.920. The molecular formula is C10H8Cl3N3O2S. The van der Waals surface area contributed by atoms with Crippen LogP contribution in [-0.4, -0.2) is 18.4 Å². The summed E-state index contributed by atoms with van der Waals surface area (Å²) < 4.78 is 21.5. The molecule has 2 rings (SSSR count). The monoisotopic (exact) mass is 339 g/mol. The molecule has 0 saturated heterocycles. The summed E-state index contributed by atoms with van der Waals surface area (Å²) in [5.74, 6) is 0. The lowest BCUT2D eigenvalue weighted by Gasteiger charge is -1.98. The summed E-state index contributed by atoms with van der Waals surface area (Å²) in [5.41, 5.74) is 0. The van der Waals surface area contributed by atoms with E-state index in [0.29, 0.717) is 0 Å². The highest BCUT2D eigenvalue weighted by molar-refractivity contribution is 7.89. The van der Waals surface area contributed by atoms with Crippen LogP contribution in [0.15, 0.2) is 41.6 Å². The molecule has 0 radical (unpaired) electrons. The molecule has 0 aliphatic rings. The first-order chi connectivity index (χ1) is 8.82. The summed E-state index contributed by atoms with van der Waals surface area (Å²) >= 11 is 16.4. The van der Waals surface area contributed by atoms with Crippen LogP contribution in [0.4, 0.5) is 0 Å². The number of sulfonamides is 1. The Morgan fingerprint density at radius 3 is 1.74 bits per heavy atom. The predicted octanol–water partition coefficient (Wildman–Crippen LogP) is 2.77. The Labute approximate surface area is 125 Å². The molecule has 0 aliphatic heterocycles. The summed E-state index contributed by atoms with van der Waals surface area (Å²) in [6.07, 6.45) is 2.96. The lowest BCUT2D eigenvalue weighted by molar-refractivity contribution is 0.598. The van der Waals surface area contributed by atoms with E-state index in [1.807, 2.05) is 0 Å². The Morgan fingerprint density at radius 2 is 1.42 bits per heavy atom. The SMILES string of the molecule is Clc1nccnc1Cl.NS(=O)(=O)c1ccccc1Cl. The van der Waals surface area contributed by atoms with Crippen molar-refractivity contribution in [3.8, 4) is 0 Å². The number of nitrogens with two attached hydrogens (primary N) is 1. The average molecular weight is 341 g/mol. The van der Waals surface area contributed by atoms with Crippen molar-refractivity contribution in [1.29, 1.82) is 0 Å². The van der Waals surface area contributed by atoms with Gasteiger partial charge in [0.05, 0.1) is 5.02 Å². The molecule has 2 aromatic rings. The Balaban J connectivity index is 0.000000200. The second kappa shape index (κ2) is 7.02. The molecule has 0 atom stereocenters. The molecule has 1 aromatic heterocycles. The van der Waals surface area contributed by atoms with Gasteiger partial charge < -0.3 is 0 Å². The maximum absolute atomic E-state index is 10.7. The first-order valence-corrected chi connectivity index (χ1v) is 7.39. The third kappa shape index (κ3) is 5.30. The van der Waals surface area contributed by atoms with Crippen LogP contribution >= 0.6 is 34.8 Å². The van der Waals surface area contributed by atoms with Crippen molar-refractivity contribution >= 4 is 44.8 Å².